The largest absolute Gasteiger partial charge is 0.484 e. The molecule has 36 heavy (non-hydrogen) atoms. The van der Waals surface area contributed by atoms with E-state index in [9.17, 15) is 17.6 Å². The van der Waals surface area contributed by atoms with Crippen LogP contribution < -0.4 is 14.8 Å². The highest BCUT2D eigenvalue weighted by atomic mass is 32.2. The number of halogens is 1. The van der Waals surface area contributed by atoms with Gasteiger partial charge in [0.15, 0.2) is 12.4 Å². The first-order chi connectivity index (χ1) is 17.4. The number of rotatable bonds is 11. The molecule has 3 N–H and O–H groups in total. The van der Waals surface area contributed by atoms with Gasteiger partial charge in [-0.05, 0) is 48.5 Å². The highest BCUT2D eigenvalue weighted by Crippen LogP contribution is 2.20. The number of hydrogen-bond acceptors (Lipinski definition) is 7. The van der Waals surface area contributed by atoms with Crippen LogP contribution in [0.2, 0.25) is 0 Å². The van der Waals surface area contributed by atoms with E-state index in [-0.39, 0.29) is 23.1 Å². The Balaban J connectivity index is 1.18. The summed E-state index contributed by atoms with van der Waals surface area (Å²) in [6, 6.07) is 20.2. The van der Waals surface area contributed by atoms with Gasteiger partial charge in [0.05, 0.1) is 4.90 Å². The summed E-state index contributed by atoms with van der Waals surface area (Å²) in [6.45, 7) is 0.178. The second kappa shape index (κ2) is 11.7. The quantitative estimate of drug-likeness (QED) is 0.201. The molecule has 1 amide bonds. The molecule has 0 aliphatic rings. The number of aromatic amines is 1. The van der Waals surface area contributed by atoms with Crippen LogP contribution >= 0.6 is 11.8 Å². The van der Waals surface area contributed by atoms with Crippen molar-refractivity contribution in [3.05, 3.63) is 84.7 Å². The second-order valence-electron chi connectivity index (χ2n) is 7.40. The van der Waals surface area contributed by atoms with Crippen molar-refractivity contribution >= 4 is 33.4 Å². The van der Waals surface area contributed by atoms with Gasteiger partial charge in [-0.3, -0.25) is 14.6 Å². The van der Waals surface area contributed by atoms with Crippen LogP contribution in [-0.2, 0) is 14.8 Å². The van der Waals surface area contributed by atoms with Gasteiger partial charge in [-0.15, -0.1) is 5.10 Å². The molecule has 0 radical (unpaired) electrons. The maximum absolute atomic E-state index is 13.0. The van der Waals surface area contributed by atoms with Gasteiger partial charge < -0.3 is 10.1 Å². The minimum Gasteiger partial charge on any atom is -0.484 e. The number of anilines is 1. The van der Waals surface area contributed by atoms with Crippen LogP contribution in [0.1, 0.15) is 0 Å². The molecule has 3 aromatic carbocycles. The zero-order chi connectivity index (χ0) is 25.4. The molecule has 0 fully saturated rings. The van der Waals surface area contributed by atoms with Crippen LogP contribution in [0.5, 0.6) is 5.75 Å². The fraction of sp³-hybridized carbons (Fsp3) is 0.125. The Bertz CT molecular complexity index is 1400. The van der Waals surface area contributed by atoms with Crippen molar-refractivity contribution in [2.24, 2.45) is 0 Å². The number of sulfonamides is 1. The number of carbonyl (C=O) groups is 1. The predicted octanol–water partition coefficient (Wildman–Crippen LogP) is 3.70. The molecule has 1 aromatic heterocycles. The highest BCUT2D eigenvalue weighted by molar-refractivity contribution is 7.99. The van der Waals surface area contributed by atoms with Crippen LogP contribution in [0.4, 0.5) is 10.1 Å². The lowest BCUT2D eigenvalue weighted by molar-refractivity contribution is -0.122. The van der Waals surface area contributed by atoms with E-state index in [4.69, 9.17) is 4.74 Å². The van der Waals surface area contributed by atoms with Gasteiger partial charge in [-0.1, -0.05) is 42.1 Å². The Kier molecular flexibility index (Phi) is 8.18. The summed E-state index contributed by atoms with van der Waals surface area (Å²) in [7, 11) is -3.85. The maximum atomic E-state index is 13.0. The summed E-state index contributed by atoms with van der Waals surface area (Å²) in [6.07, 6.45) is 0. The summed E-state index contributed by atoms with van der Waals surface area (Å²) in [5.74, 6) is 0.820. The third kappa shape index (κ3) is 7.06. The van der Waals surface area contributed by atoms with E-state index >= 15 is 0 Å². The minimum atomic E-state index is -3.85. The van der Waals surface area contributed by atoms with E-state index in [1.165, 1.54) is 48.2 Å². The fourth-order valence-corrected chi connectivity index (χ4v) is 4.73. The van der Waals surface area contributed by atoms with Gasteiger partial charge in [0, 0.05) is 23.5 Å². The number of ether oxygens (including phenoxy) is 1. The van der Waals surface area contributed by atoms with E-state index in [1.54, 1.807) is 0 Å². The summed E-state index contributed by atoms with van der Waals surface area (Å²) in [5.41, 5.74) is 1.18. The first-order valence-corrected chi connectivity index (χ1v) is 13.2. The fourth-order valence-electron chi connectivity index (χ4n) is 3.02. The van der Waals surface area contributed by atoms with Gasteiger partial charge in [0.2, 0.25) is 5.16 Å². The Hall–Kier alpha value is -3.90. The Morgan fingerprint density at radius 3 is 2.44 bits per heavy atom. The number of hydrogen-bond donors (Lipinski definition) is 3. The number of benzene rings is 3. The molecule has 12 heteroatoms. The molecule has 0 bridgehead atoms. The molecule has 1 heterocycles. The van der Waals surface area contributed by atoms with Crippen molar-refractivity contribution in [2.45, 2.75) is 10.1 Å². The van der Waals surface area contributed by atoms with E-state index in [1.807, 2.05) is 30.3 Å². The average molecular weight is 528 g/mol. The van der Waals surface area contributed by atoms with Crippen LogP contribution in [-0.4, -0.2) is 48.4 Å². The number of amides is 1. The third-order valence-corrected chi connectivity index (χ3v) is 7.01. The monoisotopic (exact) mass is 527 g/mol. The Morgan fingerprint density at radius 1 is 1.00 bits per heavy atom. The van der Waals surface area contributed by atoms with Crippen LogP contribution in [0.15, 0.2) is 88.9 Å². The molecule has 9 nitrogen and oxygen atoms in total. The van der Waals surface area contributed by atoms with E-state index < -0.39 is 15.8 Å². The van der Waals surface area contributed by atoms with Gasteiger partial charge >= 0.3 is 0 Å². The molecule has 4 aromatic rings. The number of H-pyrrole nitrogens is 1. The maximum Gasteiger partial charge on any atom is 0.261 e. The lowest BCUT2D eigenvalue weighted by Crippen LogP contribution is -2.30. The normalized spacial score (nSPS) is 11.1. The van der Waals surface area contributed by atoms with Crippen molar-refractivity contribution < 1.29 is 22.3 Å². The average Bonchev–Trinajstić information content (AvgIpc) is 3.36. The molecule has 0 aliphatic heterocycles. The van der Waals surface area contributed by atoms with Crippen LogP contribution in [0, 0.1) is 5.82 Å². The van der Waals surface area contributed by atoms with Gasteiger partial charge in [-0.25, -0.2) is 17.8 Å². The SMILES string of the molecule is O=C(COc1ccc(S(=O)(=O)Nc2ccc(F)cc2)cc1)NCCSc1n[nH]c(-c2ccccc2)n1. The second-order valence-corrected chi connectivity index (χ2v) is 10.1. The highest BCUT2D eigenvalue weighted by Gasteiger charge is 2.14. The molecule has 0 saturated carbocycles. The van der Waals surface area contributed by atoms with E-state index in [0.717, 1.165) is 17.7 Å². The van der Waals surface area contributed by atoms with Gasteiger partial charge in [0.1, 0.15) is 11.6 Å². The number of aromatic nitrogens is 3. The molecular formula is C24H22FN5O4S2. The van der Waals surface area contributed by atoms with Crippen molar-refractivity contribution in [2.75, 3.05) is 23.6 Å². The number of carbonyl (C=O) groups excluding carboxylic acids is 1. The van der Waals surface area contributed by atoms with Crippen LogP contribution in [0.3, 0.4) is 0 Å². The van der Waals surface area contributed by atoms with Crippen molar-refractivity contribution in [1.29, 1.82) is 0 Å². The van der Waals surface area contributed by atoms with Gasteiger partial charge in [0.25, 0.3) is 15.9 Å². The standard InChI is InChI=1S/C24H22FN5O4S2/c25-18-6-8-19(9-7-18)30-36(32,33)21-12-10-20(11-13-21)34-16-22(31)26-14-15-35-24-27-23(28-29-24)17-4-2-1-3-5-17/h1-13,30H,14-16H2,(H,26,31)(H,27,28,29). The smallest absolute Gasteiger partial charge is 0.261 e. The molecule has 0 unspecified atom stereocenters. The molecule has 4 rings (SSSR count). The lowest BCUT2D eigenvalue weighted by Gasteiger charge is -2.10. The number of thioether (sulfide) groups is 1. The van der Waals surface area contributed by atoms with Gasteiger partial charge in [-0.2, -0.15) is 0 Å². The number of nitrogens with zero attached hydrogens (tertiary/aromatic N) is 2. The minimum absolute atomic E-state index is 0.00282. The summed E-state index contributed by atoms with van der Waals surface area (Å²) in [5, 5.41) is 10.4. The molecular weight excluding hydrogens is 505 g/mol. The summed E-state index contributed by atoms with van der Waals surface area (Å²) in [4.78, 5) is 16.5. The summed E-state index contributed by atoms with van der Waals surface area (Å²) >= 11 is 1.41. The Labute approximate surface area is 211 Å². The molecule has 0 aliphatic carbocycles. The predicted molar refractivity (Wildman–Crippen MR) is 135 cm³/mol. The molecule has 0 saturated heterocycles. The van der Waals surface area contributed by atoms with E-state index in [2.05, 4.69) is 25.2 Å². The molecule has 0 spiro atoms. The van der Waals surface area contributed by atoms with Crippen molar-refractivity contribution in [3.8, 4) is 17.1 Å². The topological polar surface area (TPSA) is 126 Å². The first kappa shape index (κ1) is 25.2. The zero-order valence-corrected chi connectivity index (χ0v) is 20.5. The van der Waals surface area contributed by atoms with Crippen LogP contribution in [0.25, 0.3) is 11.4 Å². The third-order valence-electron chi connectivity index (χ3n) is 4.77. The zero-order valence-electron chi connectivity index (χ0n) is 18.8. The van der Waals surface area contributed by atoms with E-state index in [0.29, 0.717) is 29.0 Å². The molecule has 186 valence electrons. The van der Waals surface area contributed by atoms with Crippen molar-refractivity contribution in [3.63, 3.8) is 0 Å². The van der Waals surface area contributed by atoms with Crippen molar-refractivity contribution in [1.82, 2.24) is 20.5 Å². The summed E-state index contributed by atoms with van der Waals surface area (Å²) < 4.78 is 45.7. The Morgan fingerprint density at radius 2 is 1.72 bits per heavy atom. The number of nitrogens with one attached hydrogen (secondary N) is 3. The first-order valence-electron chi connectivity index (χ1n) is 10.8. The molecule has 0 atom stereocenters. The lowest BCUT2D eigenvalue weighted by atomic mass is 10.2.